The summed E-state index contributed by atoms with van der Waals surface area (Å²) in [6.45, 7) is 5.52. The van der Waals surface area contributed by atoms with Gasteiger partial charge in [0.05, 0.1) is 16.9 Å². The third-order valence-corrected chi connectivity index (χ3v) is 7.16. The van der Waals surface area contributed by atoms with Gasteiger partial charge < -0.3 is 15.4 Å². The Bertz CT molecular complexity index is 1210. The van der Waals surface area contributed by atoms with E-state index in [0.29, 0.717) is 11.5 Å². The summed E-state index contributed by atoms with van der Waals surface area (Å²) >= 11 is 0. The van der Waals surface area contributed by atoms with Gasteiger partial charge in [-0.1, -0.05) is 10.7 Å². The molecule has 0 radical (unpaired) electrons. The van der Waals surface area contributed by atoms with Gasteiger partial charge in [0.1, 0.15) is 23.7 Å². The molecule has 0 unspecified atom stereocenters. The van der Waals surface area contributed by atoms with E-state index >= 15 is 0 Å². The average molecular weight is 470 g/mol. The number of rotatable bonds is 7. The van der Waals surface area contributed by atoms with Crippen molar-refractivity contribution in [2.75, 3.05) is 23.4 Å². The standard InChI is InChI=1S/C24H28FN5O2S/c1-15(2)28-22(31)13-32-21-11-17(25)6-7-19(21)29-24-23-16(3)10-18(12-20(23)26-14-27-24)30-33-8-4-5-9-33/h6-7,10-12,14-15H,4-5,8-9,13H2,1-3H3,(H,28,31)(H,26,27,29). The molecule has 0 spiro atoms. The highest BCUT2D eigenvalue weighted by molar-refractivity contribution is 7.87. The smallest absolute Gasteiger partial charge is 0.258 e. The molecular weight excluding hydrogens is 441 g/mol. The highest BCUT2D eigenvalue weighted by atomic mass is 32.2. The number of carbonyl (C=O) groups excluding carboxylic acids is 1. The van der Waals surface area contributed by atoms with E-state index in [9.17, 15) is 9.18 Å². The molecule has 9 heteroatoms. The molecule has 3 aromatic rings. The number of aromatic nitrogens is 2. The topological polar surface area (TPSA) is 88.5 Å². The van der Waals surface area contributed by atoms with Crippen molar-refractivity contribution >= 4 is 44.7 Å². The Kier molecular flexibility index (Phi) is 7.17. The zero-order valence-corrected chi connectivity index (χ0v) is 19.8. The summed E-state index contributed by atoms with van der Waals surface area (Å²) < 4.78 is 24.4. The molecular formula is C24H28FN5O2S. The number of amides is 1. The fraction of sp³-hybridized carbons (Fsp3) is 0.375. The minimum atomic E-state index is -0.456. The Hall–Kier alpha value is -3.07. The van der Waals surface area contributed by atoms with E-state index in [1.807, 2.05) is 26.8 Å². The number of carbonyl (C=O) groups is 1. The minimum absolute atomic E-state index is 0.00705. The van der Waals surface area contributed by atoms with Gasteiger partial charge in [-0.3, -0.25) is 4.79 Å². The van der Waals surface area contributed by atoms with Crippen LogP contribution in [0.15, 0.2) is 41.0 Å². The molecule has 0 saturated carbocycles. The predicted octanol–water partition coefficient (Wildman–Crippen LogP) is 4.95. The summed E-state index contributed by atoms with van der Waals surface area (Å²) in [5.74, 6) is 2.40. The number of nitrogens with zero attached hydrogens (tertiary/aromatic N) is 3. The Morgan fingerprint density at radius 3 is 2.76 bits per heavy atom. The summed E-state index contributed by atoms with van der Waals surface area (Å²) in [4.78, 5) is 20.8. The lowest BCUT2D eigenvalue weighted by atomic mass is 10.1. The fourth-order valence-corrected chi connectivity index (χ4v) is 5.62. The number of halogens is 1. The first-order valence-electron chi connectivity index (χ1n) is 11.0. The fourth-order valence-electron chi connectivity index (χ4n) is 3.75. The summed E-state index contributed by atoms with van der Waals surface area (Å²) in [6, 6.07) is 8.19. The van der Waals surface area contributed by atoms with Gasteiger partial charge in [0.15, 0.2) is 6.61 Å². The largest absolute Gasteiger partial charge is 0.481 e. The second kappa shape index (κ2) is 10.2. The summed E-state index contributed by atoms with van der Waals surface area (Å²) in [5, 5.41) is 6.85. The van der Waals surface area contributed by atoms with Gasteiger partial charge in [-0.2, -0.15) is 0 Å². The average Bonchev–Trinajstić information content (AvgIpc) is 3.26. The molecule has 1 aromatic heterocycles. The molecule has 2 heterocycles. The Labute approximate surface area is 195 Å². The maximum absolute atomic E-state index is 13.9. The van der Waals surface area contributed by atoms with Crippen LogP contribution < -0.4 is 15.4 Å². The van der Waals surface area contributed by atoms with E-state index in [-0.39, 0.29) is 35.0 Å². The first kappa shape index (κ1) is 23.1. The highest BCUT2D eigenvalue weighted by Gasteiger charge is 2.14. The number of fused-ring (bicyclic) bond motifs is 1. The number of benzene rings is 2. The zero-order chi connectivity index (χ0) is 23.4. The first-order valence-corrected chi connectivity index (χ1v) is 12.5. The molecule has 1 amide bonds. The molecule has 1 saturated heterocycles. The van der Waals surface area contributed by atoms with Crippen molar-refractivity contribution in [3.63, 3.8) is 0 Å². The summed E-state index contributed by atoms with van der Waals surface area (Å²) in [6.07, 6.45) is 3.99. The van der Waals surface area contributed by atoms with Crippen LogP contribution in [0.1, 0.15) is 32.3 Å². The second-order valence-corrected chi connectivity index (χ2v) is 10.2. The molecule has 2 N–H and O–H groups in total. The highest BCUT2D eigenvalue weighted by Crippen LogP contribution is 2.34. The lowest BCUT2D eigenvalue weighted by molar-refractivity contribution is -0.123. The molecule has 2 aromatic carbocycles. The van der Waals surface area contributed by atoms with Gasteiger partial charge in [-0.05, 0) is 63.4 Å². The van der Waals surface area contributed by atoms with E-state index in [2.05, 4.69) is 26.7 Å². The second-order valence-electron chi connectivity index (χ2n) is 8.32. The lowest BCUT2D eigenvalue weighted by Crippen LogP contribution is -2.34. The first-order chi connectivity index (χ1) is 15.9. The van der Waals surface area contributed by atoms with Crippen LogP contribution in [0.3, 0.4) is 0 Å². The Morgan fingerprint density at radius 2 is 2.00 bits per heavy atom. The van der Waals surface area contributed by atoms with Crippen LogP contribution in [0, 0.1) is 12.7 Å². The maximum Gasteiger partial charge on any atom is 0.258 e. The van der Waals surface area contributed by atoms with Crippen molar-refractivity contribution < 1.29 is 13.9 Å². The lowest BCUT2D eigenvalue weighted by Gasteiger charge is -2.15. The molecule has 174 valence electrons. The van der Waals surface area contributed by atoms with E-state index < -0.39 is 5.82 Å². The van der Waals surface area contributed by atoms with E-state index in [4.69, 9.17) is 9.10 Å². The van der Waals surface area contributed by atoms with Gasteiger partial charge in [0.2, 0.25) is 0 Å². The molecule has 4 rings (SSSR count). The van der Waals surface area contributed by atoms with Gasteiger partial charge >= 0.3 is 0 Å². The van der Waals surface area contributed by atoms with Crippen LogP contribution in [0.25, 0.3) is 10.9 Å². The quantitative estimate of drug-likeness (QED) is 0.511. The molecule has 1 aliphatic heterocycles. The summed E-state index contributed by atoms with van der Waals surface area (Å²) in [7, 11) is 0.0993. The van der Waals surface area contributed by atoms with Crippen LogP contribution in [0.5, 0.6) is 5.75 Å². The molecule has 7 nitrogen and oxygen atoms in total. The molecule has 33 heavy (non-hydrogen) atoms. The SMILES string of the molecule is Cc1cc(N=S2CCCC2)cc2ncnc(Nc3ccc(F)cc3OCC(=O)NC(C)C)c12. The van der Waals surface area contributed by atoms with Gasteiger partial charge in [-0.25, -0.2) is 18.7 Å². The third-order valence-electron chi connectivity index (χ3n) is 5.17. The van der Waals surface area contributed by atoms with E-state index in [1.165, 1.54) is 31.3 Å². The number of aryl methyl sites for hydroxylation is 1. The predicted molar refractivity (Wildman–Crippen MR) is 131 cm³/mol. The van der Waals surface area contributed by atoms with Crippen molar-refractivity contribution in [2.24, 2.45) is 4.36 Å². The zero-order valence-electron chi connectivity index (χ0n) is 19.0. The molecule has 1 fully saturated rings. The monoisotopic (exact) mass is 469 g/mol. The molecule has 0 atom stereocenters. The number of nitrogens with one attached hydrogen (secondary N) is 2. The maximum atomic E-state index is 13.9. The van der Waals surface area contributed by atoms with Crippen molar-refractivity contribution in [1.82, 2.24) is 15.3 Å². The molecule has 0 aliphatic carbocycles. The summed E-state index contributed by atoms with van der Waals surface area (Å²) in [5.41, 5.74) is 3.24. The van der Waals surface area contributed by atoms with E-state index in [0.717, 1.165) is 33.7 Å². The van der Waals surface area contributed by atoms with Gasteiger partial charge in [0, 0.05) is 29.0 Å². The number of hydrogen-bond acceptors (Lipinski definition) is 6. The number of ether oxygens (including phenoxy) is 1. The number of anilines is 2. The van der Waals surface area contributed by atoms with Gasteiger partial charge in [0.25, 0.3) is 5.91 Å². The Balaban J connectivity index is 1.62. The van der Waals surface area contributed by atoms with Crippen molar-refractivity contribution in [2.45, 2.75) is 39.7 Å². The van der Waals surface area contributed by atoms with Crippen LogP contribution >= 0.6 is 0 Å². The van der Waals surface area contributed by atoms with Gasteiger partial charge in [-0.15, -0.1) is 0 Å². The van der Waals surface area contributed by atoms with Crippen molar-refractivity contribution in [1.29, 1.82) is 0 Å². The molecule has 0 bridgehead atoms. The third kappa shape index (κ3) is 5.84. The van der Waals surface area contributed by atoms with Crippen LogP contribution in [0.4, 0.5) is 21.6 Å². The minimum Gasteiger partial charge on any atom is -0.481 e. The molecule has 1 aliphatic rings. The van der Waals surface area contributed by atoms with Crippen molar-refractivity contribution in [3.05, 3.63) is 48.0 Å². The number of hydrogen-bond donors (Lipinski definition) is 2. The van der Waals surface area contributed by atoms with Crippen LogP contribution in [-0.4, -0.2) is 40.0 Å². The van der Waals surface area contributed by atoms with Crippen molar-refractivity contribution in [3.8, 4) is 5.75 Å². The van der Waals surface area contributed by atoms with E-state index in [1.54, 1.807) is 6.07 Å². The normalized spacial score (nSPS) is 14.0. The van der Waals surface area contributed by atoms with Crippen LogP contribution in [-0.2, 0) is 15.5 Å². The van der Waals surface area contributed by atoms with Crippen LogP contribution in [0.2, 0.25) is 0 Å². The Morgan fingerprint density at radius 1 is 1.21 bits per heavy atom.